The molecule has 0 atom stereocenters. The molecule has 2 aliphatic heterocycles. The van der Waals surface area contributed by atoms with E-state index in [1.807, 2.05) is 13.8 Å². The number of carboxylic acid groups (broad SMARTS) is 1. The van der Waals surface area contributed by atoms with Gasteiger partial charge in [-0.3, -0.25) is 14.5 Å². The minimum atomic E-state index is -0.707. The van der Waals surface area contributed by atoms with Crippen molar-refractivity contribution in [2.24, 2.45) is 11.3 Å². The lowest BCUT2D eigenvalue weighted by molar-refractivity contribution is -0.143. The number of likely N-dealkylation sites (tertiary alicyclic amines) is 2. The second kappa shape index (κ2) is 12.2. The first-order valence-electron chi connectivity index (χ1n) is 14.7. The van der Waals surface area contributed by atoms with E-state index in [2.05, 4.69) is 21.9 Å². The normalized spacial score (nSPS) is 23.0. The van der Waals surface area contributed by atoms with Crippen LogP contribution in [0.4, 0.5) is 4.39 Å². The number of halogens is 1. The number of ether oxygens (including phenoxy) is 2. The Balaban J connectivity index is 1.25. The molecule has 1 aliphatic carbocycles. The molecule has 2 aromatic carbocycles. The van der Waals surface area contributed by atoms with E-state index in [0.29, 0.717) is 32.5 Å². The van der Waals surface area contributed by atoms with Gasteiger partial charge in [-0.15, -0.1) is 0 Å². The lowest BCUT2D eigenvalue weighted by atomic mass is 9.77. The highest BCUT2D eigenvalue weighted by molar-refractivity contribution is 5.80. The zero-order valence-electron chi connectivity index (χ0n) is 23.7. The van der Waals surface area contributed by atoms with Gasteiger partial charge in [0.15, 0.2) is 0 Å². The van der Waals surface area contributed by atoms with Gasteiger partial charge in [0, 0.05) is 25.6 Å². The Bertz CT molecular complexity index is 1170. The summed E-state index contributed by atoms with van der Waals surface area (Å²) in [7, 11) is 0. The first kappa shape index (κ1) is 28.4. The molecule has 1 amide bonds. The first-order chi connectivity index (χ1) is 19.3. The Labute approximate surface area is 236 Å². The van der Waals surface area contributed by atoms with Gasteiger partial charge in [-0.05, 0) is 106 Å². The molecule has 3 aliphatic rings. The molecular weight excluding hydrogens is 511 g/mol. The van der Waals surface area contributed by atoms with Gasteiger partial charge in [-0.2, -0.15) is 0 Å². The minimum absolute atomic E-state index is 0.0244. The summed E-state index contributed by atoms with van der Waals surface area (Å²) in [5, 5.41) is 9.32. The number of carbonyl (C=O) groups excluding carboxylic acids is 1. The maximum atomic E-state index is 13.6. The summed E-state index contributed by atoms with van der Waals surface area (Å²) in [6.45, 7) is 8.33. The molecule has 2 saturated heterocycles. The van der Waals surface area contributed by atoms with E-state index in [1.54, 1.807) is 12.1 Å². The molecule has 5 rings (SSSR count). The first-order valence-corrected chi connectivity index (χ1v) is 14.7. The van der Waals surface area contributed by atoms with Crippen molar-refractivity contribution < 1.29 is 28.6 Å². The summed E-state index contributed by atoms with van der Waals surface area (Å²) >= 11 is 0. The van der Waals surface area contributed by atoms with Crippen molar-refractivity contribution in [3.63, 3.8) is 0 Å². The third-order valence-electron chi connectivity index (χ3n) is 9.02. The van der Waals surface area contributed by atoms with Gasteiger partial charge in [0.1, 0.15) is 17.3 Å². The highest BCUT2D eigenvalue weighted by Gasteiger charge is 2.47. The van der Waals surface area contributed by atoms with E-state index in [1.165, 1.54) is 12.1 Å². The largest absolute Gasteiger partial charge is 0.493 e. The molecule has 0 bridgehead atoms. The Hall–Kier alpha value is -3.13. The van der Waals surface area contributed by atoms with Crippen LogP contribution in [0.5, 0.6) is 11.5 Å². The topological polar surface area (TPSA) is 79.3 Å². The molecule has 3 fully saturated rings. The van der Waals surface area contributed by atoms with Crippen LogP contribution in [0.3, 0.4) is 0 Å². The van der Waals surface area contributed by atoms with Crippen molar-refractivity contribution in [3.05, 3.63) is 47.8 Å². The lowest BCUT2D eigenvalue weighted by Gasteiger charge is -2.40. The molecule has 0 aromatic heterocycles. The molecule has 0 unspecified atom stereocenters. The van der Waals surface area contributed by atoms with E-state index in [9.17, 15) is 19.1 Å². The van der Waals surface area contributed by atoms with Crippen LogP contribution in [0.2, 0.25) is 0 Å². The SMILES string of the molecule is CCOc1cc(CN2CCC3(CC2)CC(=O)N(C2CCC(C(=O)O)CC2)C3)cc(OCC)c1-c1ccc(F)cc1. The van der Waals surface area contributed by atoms with Crippen molar-refractivity contribution in [1.82, 2.24) is 9.80 Å². The summed E-state index contributed by atoms with van der Waals surface area (Å²) in [4.78, 5) is 28.9. The van der Waals surface area contributed by atoms with Crippen LogP contribution in [0.1, 0.15) is 64.4 Å². The fraction of sp³-hybridized carbons (Fsp3) is 0.562. The zero-order valence-corrected chi connectivity index (χ0v) is 23.7. The molecule has 1 spiro atoms. The minimum Gasteiger partial charge on any atom is -0.493 e. The van der Waals surface area contributed by atoms with Crippen molar-refractivity contribution in [1.29, 1.82) is 0 Å². The van der Waals surface area contributed by atoms with E-state index in [-0.39, 0.29) is 29.1 Å². The van der Waals surface area contributed by atoms with E-state index in [4.69, 9.17) is 9.47 Å². The van der Waals surface area contributed by atoms with Gasteiger partial charge in [0.05, 0.1) is 24.7 Å². The smallest absolute Gasteiger partial charge is 0.306 e. The molecule has 216 valence electrons. The number of aliphatic carboxylic acids is 1. The van der Waals surface area contributed by atoms with Gasteiger partial charge < -0.3 is 19.5 Å². The third kappa shape index (κ3) is 6.12. The van der Waals surface area contributed by atoms with Crippen molar-refractivity contribution in [3.8, 4) is 22.6 Å². The maximum absolute atomic E-state index is 13.6. The predicted octanol–water partition coefficient (Wildman–Crippen LogP) is 5.75. The molecular formula is C32H41FN2O5. The number of amides is 1. The molecule has 2 heterocycles. The van der Waals surface area contributed by atoms with Gasteiger partial charge in [0.2, 0.25) is 5.91 Å². The highest BCUT2D eigenvalue weighted by Crippen LogP contribution is 2.45. The lowest BCUT2D eigenvalue weighted by Crippen LogP contribution is -2.44. The monoisotopic (exact) mass is 552 g/mol. The molecule has 7 nitrogen and oxygen atoms in total. The number of benzene rings is 2. The van der Waals surface area contributed by atoms with Gasteiger partial charge in [-0.1, -0.05) is 12.1 Å². The van der Waals surface area contributed by atoms with Crippen LogP contribution in [0.25, 0.3) is 11.1 Å². The van der Waals surface area contributed by atoms with E-state index in [0.717, 1.165) is 80.1 Å². The summed E-state index contributed by atoms with van der Waals surface area (Å²) in [5.74, 6) is 0.462. The molecule has 1 N–H and O–H groups in total. The van der Waals surface area contributed by atoms with Crippen LogP contribution < -0.4 is 9.47 Å². The second-order valence-electron chi connectivity index (χ2n) is 11.7. The Morgan fingerprint density at radius 2 is 1.60 bits per heavy atom. The van der Waals surface area contributed by atoms with Crippen LogP contribution >= 0.6 is 0 Å². The number of rotatable bonds is 9. The highest BCUT2D eigenvalue weighted by atomic mass is 19.1. The molecule has 1 saturated carbocycles. The van der Waals surface area contributed by atoms with Crippen LogP contribution in [0, 0.1) is 17.2 Å². The molecule has 0 radical (unpaired) electrons. The second-order valence-corrected chi connectivity index (χ2v) is 11.7. The summed E-state index contributed by atoms with van der Waals surface area (Å²) in [5.41, 5.74) is 2.82. The van der Waals surface area contributed by atoms with E-state index >= 15 is 0 Å². The summed E-state index contributed by atoms with van der Waals surface area (Å²) in [6, 6.07) is 10.7. The Kier molecular flexibility index (Phi) is 8.64. The van der Waals surface area contributed by atoms with Crippen molar-refractivity contribution in [2.75, 3.05) is 32.8 Å². The standard InChI is InChI=1S/C32H41FN2O5/c1-3-39-27-17-22(18-28(40-4-2)30(27)23-5-9-25(33)10-6-23)20-34-15-13-32(14-16-34)19-29(36)35(21-32)26-11-7-24(8-12-26)31(37)38/h5-6,9-10,17-18,24,26H,3-4,7-8,11-16,19-21H2,1-2H3,(H,37,38). The van der Waals surface area contributed by atoms with E-state index < -0.39 is 5.97 Å². The zero-order chi connectivity index (χ0) is 28.3. The maximum Gasteiger partial charge on any atom is 0.306 e. The summed E-state index contributed by atoms with van der Waals surface area (Å²) < 4.78 is 25.7. The van der Waals surface area contributed by atoms with Gasteiger partial charge in [-0.25, -0.2) is 4.39 Å². The average molecular weight is 553 g/mol. The number of piperidine rings is 1. The molecule has 8 heteroatoms. The average Bonchev–Trinajstić information content (AvgIpc) is 3.26. The van der Waals surface area contributed by atoms with Crippen molar-refractivity contribution in [2.45, 2.75) is 71.4 Å². The number of hydrogen-bond donors (Lipinski definition) is 1. The molecule has 40 heavy (non-hydrogen) atoms. The number of hydrogen-bond acceptors (Lipinski definition) is 5. The van der Waals surface area contributed by atoms with Crippen LogP contribution in [-0.2, 0) is 16.1 Å². The molecule has 2 aromatic rings. The third-order valence-corrected chi connectivity index (χ3v) is 9.02. The fourth-order valence-corrected chi connectivity index (χ4v) is 6.85. The fourth-order valence-electron chi connectivity index (χ4n) is 6.85. The van der Waals surface area contributed by atoms with Crippen LogP contribution in [-0.4, -0.2) is 65.7 Å². The Morgan fingerprint density at radius 1 is 1.00 bits per heavy atom. The quantitative estimate of drug-likeness (QED) is 0.427. The van der Waals surface area contributed by atoms with Crippen molar-refractivity contribution >= 4 is 11.9 Å². The van der Waals surface area contributed by atoms with Gasteiger partial charge in [0.25, 0.3) is 0 Å². The van der Waals surface area contributed by atoms with Gasteiger partial charge >= 0.3 is 5.97 Å². The Morgan fingerprint density at radius 3 is 2.15 bits per heavy atom. The number of carboxylic acids is 1. The van der Waals surface area contributed by atoms with Crippen LogP contribution in [0.15, 0.2) is 36.4 Å². The predicted molar refractivity (Wildman–Crippen MR) is 151 cm³/mol. The number of nitrogens with zero attached hydrogens (tertiary/aromatic N) is 2. The summed E-state index contributed by atoms with van der Waals surface area (Å²) in [6.07, 6.45) is 5.48. The number of carbonyl (C=O) groups is 2.